The first-order chi connectivity index (χ1) is 18.7. The highest BCUT2D eigenvalue weighted by molar-refractivity contribution is 14.1. The predicted octanol–water partition coefficient (Wildman–Crippen LogP) is 8.38. The van der Waals surface area contributed by atoms with Crippen LogP contribution in [0.3, 0.4) is 0 Å². The van der Waals surface area contributed by atoms with Gasteiger partial charge in [0.1, 0.15) is 11.6 Å². The SMILES string of the molecule is O=C(Nc1cc(C(=O)Nc2c(I)cc(C(F)(C(F)(F)F)C(F)(F)F)cc2C(F)(F)F)ccc1F)c1ccc(F)cc1. The third kappa shape index (κ3) is 6.54. The van der Waals surface area contributed by atoms with Gasteiger partial charge in [0.05, 0.1) is 16.9 Å². The summed E-state index contributed by atoms with van der Waals surface area (Å²) < 4.78 is 161. The first-order valence-corrected chi connectivity index (χ1v) is 11.7. The topological polar surface area (TPSA) is 58.2 Å². The maximum absolute atomic E-state index is 14.5. The van der Waals surface area contributed by atoms with E-state index in [1.54, 1.807) is 5.32 Å². The van der Waals surface area contributed by atoms with Crippen molar-refractivity contribution >= 4 is 45.8 Å². The first kappa shape index (κ1) is 32.0. The van der Waals surface area contributed by atoms with E-state index in [-0.39, 0.29) is 11.6 Å². The number of carbonyl (C=O) groups is 2. The number of hydrogen-bond donors (Lipinski definition) is 2. The van der Waals surface area contributed by atoms with Crippen LogP contribution >= 0.6 is 22.6 Å². The summed E-state index contributed by atoms with van der Waals surface area (Å²) in [5, 5.41) is 3.72. The van der Waals surface area contributed by atoms with E-state index in [2.05, 4.69) is 5.32 Å². The zero-order valence-electron chi connectivity index (χ0n) is 19.4. The van der Waals surface area contributed by atoms with Gasteiger partial charge >= 0.3 is 24.2 Å². The molecular formula is C24H11F12IN2O2. The molecule has 0 aliphatic carbocycles. The molecule has 4 nitrogen and oxygen atoms in total. The molecule has 0 saturated carbocycles. The van der Waals surface area contributed by atoms with Gasteiger partial charge in [0.2, 0.25) is 0 Å². The molecular weight excluding hydrogens is 703 g/mol. The van der Waals surface area contributed by atoms with Crippen molar-refractivity contribution in [3.8, 4) is 0 Å². The Hall–Kier alpha value is -3.51. The van der Waals surface area contributed by atoms with Gasteiger partial charge in [-0.1, -0.05) is 0 Å². The molecule has 0 saturated heterocycles. The third-order valence-electron chi connectivity index (χ3n) is 5.40. The van der Waals surface area contributed by atoms with E-state index in [1.165, 1.54) is 0 Å². The molecule has 0 atom stereocenters. The maximum atomic E-state index is 14.5. The quantitative estimate of drug-likeness (QED) is 0.206. The molecule has 0 aromatic heterocycles. The number of nitrogens with one attached hydrogen (secondary N) is 2. The molecule has 0 spiro atoms. The number of benzene rings is 3. The van der Waals surface area contributed by atoms with Gasteiger partial charge < -0.3 is 10.6 Å². The lowest BCUT2D eigenvalue weighted by Gasteiger charge is -2.31. The second-order valence-corrected chi connectivity index (χ2v) is 9.30. The van der Waals surface area contributed by atoms with Crippen LogP contribution in [0.4, 0.5) is 64.1 Å². The van der Waals surface area contributed by atoms with E-state index in [0.29, 0.717) is 12.1 Å². The molecule has 2 amide bonds. The third-order valence-corrected chi connectivity index (χ3v) is 6.25. The predicted molar refractivity (Wildman–Crippen MR) is 128 cm³/mol. The molecule has 3 rings (SSSR count). The molecule has 0 aliphatic heterocycles. The van der Waals surface area contributed by atoms with Crippen molar-refractivity contribution in [1.29, 1.82) is 0 Å². The molecule has 17 heteroatoms. The minimum atomic E-state index is -6.70. The summed E-state index contributed by atoms with van der Waals surface area (Å²) >= 11 is 0.878. The van der Waals surface area contributed by atoms with Crippen LogP contribution in [0, 0.1) is 15.2 Å². The van der Waals surface area contributed by atoms with E-state index in [9.17, 15) is 62.3 Å². The second kappa shape index (κ2) is 11.1. The van der Waals surface area contributed by atoms with Gasteiger partial charge in [-0.2, -0.15) is 39.5 Å². The summed E-state index contributed by atoms with van der Waals surface area (Å²) in [6, 6.07) is 5.04. The highest BCUT2D eigenvalue weighted by Crippen LogP contribution is 2.54. The Bertz CT molecular complexity index is 1470. The van der Waals surface area contributed by atoms with Gasteiger partial charge in [0.15, 0.2) is 0 Å². The Balaban J connectivity index is 2.02. The number of hydrogen-bond acceptors (Lipinski definition) is 2. The normalized spacial score (nSPS) is 12.7. The minimum Gasteiger partial charge on any atom is -0.320 e. The lowest BCUT2D eigenvalue weighted by molar-refractivity contribution is -0.348. The van der Waals surface area contributed by atoms with Gasteiger partial charge in [-0.15, -0.1) is 0 Å². The van der Waals surface area contributed by atoms with E-state index in [0.717, 1.165) is 52.9 Å². The summed E-state index contributed by atoms with van der Waals surface area (Å²) in [5.41, 5.74) is -13.6. The zero-order valence-corrected chi connectivity index (χ0v) is 21.6. The second-order valence-electron chi connectivity index (χ2n) is 8.14. The minimum absolute atomic E-state index is 0.147. The number of carbonyl (C=O) groups excluding carboxylic acids is 2. The molecule has 2 N–H and O–H groups in total. The van der Waals surface area contributed by atoms with Crippen molar-refractivity contribution < 1.29 is 62.3 Å². The summed E-state index contributed by atoms with van der Waals surface area (Å²) in [6.07, 6.45) is -19.1. The van der Waals surface area contributed by atoms with Crippen LogP contribution in [0.2, 0.25) is 0 Å². The Morgan fingerprint density at radius 2 is 1.17 bits per heavy atom. The Kier molecular flexibility index (Phi) is 8.63. The van der Waals surface area contributed by atoms with Crippen molar-refractivity contribution in [2.45, 2.75) is 24.2 Å². The Morgan fingerprint density at radius 3 is 1.68 bits per heavy atom. The molecule has 3 aromatic rings. The lowest BCUT2D eigenvalue weighted by Crippen LogP contribution is -2.50. The van der Waals surface area contributed by atoms with Crippen LogP contribution < -0.4 is 10.6 Å². The molecule has 220 valence electrons. The van der Waals surface area contributed by atoms with Crippen molar-refractivity contribution in [1.82, 2.24) is 0 Å². The van der Waals surface area contributed by atoms with Crippen LogP contribution in [0.5, 0.6) is 0 Å². The fourth-order valence-electron chi connectivity index (χ4n) is 3.39. The molecule has 0 unspecified atom stereocenters. The van der Waals surface area contributed by atoms with Crippen LogP contribution in [0.25, 0.3) is 0 Å². The van der Waals surface area contributed by atoms with Crippen molar-refractivity contribution in [2.75, 3.05) is 10.6 Å². The van der Waals surface area contributed by atoms with Crippen LogP contribution in [0.15, 0.2) is 54.6 Å². The number of anilines is 2. The summed E-state index contributed by atoms with van der Waals surface area (Å²) in [5.74, 6) is -4.25. The van der Waals surface area contributed by atoms with Crippen LogP contribution in [0.1, 0.15) is 31.8 Å². The fourth-order valence-corrected chi connectivity index (χ4v) is 4.15. The number of amides is 2. The van der Waals surface area contributed by atoms with Gasteiger partial charge in [0.25, 0.3) is 11.8 Å². The van der Waals surface area contributed by atoms with Crippen LogP contribution in [-0.4, -0.2) is 24.2 Å². The molecule has 0 heterocycles. The number of alkyl halides is 10. The summed E-state index contributed by atoms with van der Waals surface area (Å²) in [4.78, 5) is 25.0. The smallest absolute Gasteiger partial charge is 0.320 e. The average Bonchev–Trinajstić information content (AvgIpc) is 2.84. The van der Waals surface area contributed by atoms with Gasteiger partial charge in [-0.3, -0.25) is 9.59 Å². The van der Waals surface area contributed by atoms with Crippen LogP contribution in [-0.2, 0) is 11.8 Å². The molecule has 0 fully saturated rings. The maximum Gasteiger partial charge on any atom is 0.435 e. The van der Waals surface area contributed by atoms with Crippen molar-refractivity contribution in [2.24, 2.45) is 0 Å². The van der Waals surface area contributed by atoms with Gasteiger partial charge in [-0.25, -0.2) is 13.2 Å². The first-order valence-electron chi connectivity index (χ1n) is 10.6. The summed E-state index contributed by atoms with van der Waals surface area (Å²) in [6.45, 7) is 0. The average molecular weight is 714 g/mol. The number of rotatable bonds is 5. The fraction of sp³-hybridized carbons (Fsp3) is 0.167. The molecule has 0 aliphatic rings. The monoisotopic (exact) mass is 714 g/mol. The molecule has 0 radical (unpaired) electrons. The Labute approximate surface area is 234 Å². The molecule has 0 bridgehead atoms. The number of halogens is 13. The van der Waals surface area contributed by atoms with Crippen molar-refractivity contribution in [3.05, 3.63) is 92.1 Å². The van der Waals surface area contributed by atoms with Crippen molar-refractivity contribution in [3.63, 3.8) is 0 Å². The largest absolute Gasteiger partial charge is 0.435 e. The summed E-state index contributed by atoms with van der Waals surface area (Å²) in [7, 11) is 0. The Morgan fingerprint density at radius 1 is 0.659 bits per heavy atom. The standard InChI is InChI=1S/C24H11F12IN2O2/c25-13-4-1-10(2-5-13)19(40)38-17-7-11(3-6-15(17)26)20(41)39-18-14(22(28,29)30)8-12(9-16(18)37)21(27,23(31,32)33)24(34,35)36/h1-9H,(H,38,40)(H,39,41). The van der Waals surface area contributed by atoms with Gasteiger partial charge in [-0.05, 0) is 77.2 Å². The van der Waals surface area contributed by atoms with E-state index >= 15 is 0 Å². The van der Waals surface area contributed by atoms with Gasteiger partial charge in [0, 0.05) is 20.3 Å². The lowest BCUT2D eigenvalue weighted by atomic mass is 9.92. The van der Waals surface area contributed by atoms with E-state index < -0.39 is 85.3 Å². The van der Waals surface area contributed by atoms with E-state index in [4.69, 9.17) is 0 Å². The molecule has 3 aromatic carbocycles. The molecule has 41 heavy (non-hydrogen) atoms. The highest BCUT2D eigenvalue weighted by atomic mass is 127. The van der Waals surface area contributed by atoms with E-state index in [1.807, 2.05) is 0 Å². The highest BCUT2D eigenvalue weighted by Gasteiger charge is 2.73. The zero-order chi connectivity index (χ0) is 31.1.